The van der Waals surface area contributed by atoms with Crippen LogP contribution < -0.4 is 0 Å². The van der Waals surface area contributed by atoms with Crippen molar-refractivity contribution in [3.8, 4) is 11.3 Å². The first-order chi connectivity index (χ1) is 14.9. The molecule has 1 aliphatic heterocycles. The second kappa shape index (κ2) is 7.23. The number of fused-ring (bicyclic) bond motifs is 2. The number of aromatic nitrogens is 4. The third-order valence-corrected chi connectivity index (χ3v) is 5.76. The fourth-order valence-electron chi connectivity index (χ4n) is 4.34. The molecule has 1 amide bonds. The number of carbonyl (C=O) groups excluding carboxylic acids is 1. The summed E-state index contributed by atoms with van der Waals surface area (Å²) in [6.07, 6.45) is 3.75. The van der Waals surface area contributed by atoms with Crippen LogP contribution in [0.5, 0.6) is 0 Å². The summed E-state index contributed by atoms with van der Waals surface area (Å²) in [5.74, 6) is -1.38. The molecule has 0 N–H and O–H groups in total. The highest BCUT2D eigenvalue weighted by atomic mass is 19.1. The molecule has 5 rings (SSSR count). The molecule has 0 spiro atoms. The van der Waals surface area contributed by atoms with E-state index in [9.17, 15) is 13.6 Å². The molecule has 0 saturated heterocycles. The third kappa shape index (κ3) is 3.24. The van der Waals surface area contributed by atoms with Crippen molar-refractivity contribution in [2.24, 2.45) is 7.05 Å². The molecule has 3 heterocycles. The largest absolute Gasteiger partial charge is 0.330 e. The Balaban J connectivity index is 1.50. The summed E-state index contributed by atoms with van der Waals surface area (Å²) < 4.78 is 29.2. The van der Waals surface area contributed by atoms with Gasteiger partial charge in [0, 0.05) is 48.7 Å². The highest BCUT2D eigenvalue weighted by molar-refractivity contribution is 5.97. The van der Waals surface area contributed by atoms with Crippen LogP contribution in [0, 0.1) is 11.6 Å². The molecule has 8 heteroatoms. The number of hydrogen-bond donors (Lipinski definition) is 0. The Morgan fingerprint density at radius 2 is 1.74 bits per heavy atom. The SMILES string of the molecule is C[C@@H]1c2nn(C)c(-c3cc(F)cc(F)c3)c2CCN1C(=O)c1ccc2nccnc2c1. The lowest BCUT2D eigenvalue weighted by Gasteiger charge is -2.33. The average Bonchev–Trinajstić information content (AvgIpc) is 3.09. The lowest BCUT2D eigenvalue weighted by molar-refractivity contribution is 0.0674. The molecule has 0 saturated carbocycles. The summed E-state index contributed by atoms with van der Waals surface area (Å²) >= 11 is 0. The number of carbonyl (C=O) groups is 1. The van der Waals surface area contributed by atoms with Gasteiger partial charge in [-0.2, -0.15) is 5.10 Å². The summed E-state index contributed by atoms with van der Waals surface area (Å²) in [4.78, 5) is 23.5. The zero-order valence-electron chi connectivity index (χ0n) is 17.0. The molecule has 0 fully saturated rings. The summed E-state index contributed by atoms with van der Waals surface area (Å²) in [7, 11) is 1.75. The topological polar surface area (TPSA) is 63.9 Å². The van der Waals surface area contributed by atoms with Gasteiger partial charge in [0.2, 0.25) is 0 Å². The van der Waals surface area contributed by atoms with Gasteiger partial charge in [-0.1, -0.05) is 0 Å². The zero-order chi connectivity index (χ0) is 21.7. The minimum Gasteiger partial charge on any atom is -0.330 e. The minimum atomic E-state index is -0.634. The minimum absolute atomic E-state index is 0.116. The number of nitrogens with zero attached hydrogens (tertiary/aromatic N) is 5. The van der Waals surface area contributed by atoms with E-state index in [1.165, 1.54) is 12.1 Å². The van der Waals surface area contributed by atoms with Gasteiger partial charge in [-0.05, 0) is 43.7 Å². The third-order valence-electron chi connectivity index (χ3n) is 5.76. The van der Waals surface area contributed by atoms with Crippen molar-refractivity contribution >= 4 is 16.9 Å². The molecule has 6 nitrogen and oxygen atoms in total. The highest BCUT2D eigenvalue weighted by Crippen LogP contribution is 2.36. The predicted octanol–water partition coefficient (Wildman–Crippen LogP) is 4.07. The molecule has 2 aromatic heterocycles. The Morgan fingerprint density at radius 1 is 1.03 bits per heavy atom. The van der Waals surface area contributed by atoms with Crippen molar-refractivity contribution in [3.63, 3.8) is 0 Å². The fraction of sp³-hybridized carbons (Fsp3) is 0.217. The fourth-order valence-corrected chi connectivity index (χ4v) is 4.34. The Hall–Kier alpha value is -3.68. The maximum absolute atomic E-state index is 13.8. The maximum atomic E-state index is 13.8. The van der Waals surface area contributed by atoms with Crippen molar-refractivity contribution in [1.29, 1.82) is 0 Å². The molecule has 0 bridgehead atoms. The van der Waals surface area contributed by atoms with Gasteiger partial charge < -0.3 is 4.90 Å². The molecular formula is C23H19F2N5O. The quantitative estimate of drug-likeness (QED) is 0.491. The molecule has 2 aromatic carbocycles. The van der Waals surface area contributed by atoms with E-state index in [1.54, 1.807) is 47.2 Å². The standard InChI is InChI=1S/C23H19F2N5O/c1-13-21-18(22(29(2)28-21)15-9-16(24)12-17(25)10-15)5-8-30(13)23(31)14-3-4-19-20(11-14)27-7-6-26-19/h3-4,6-7,9-13H,5,8H2,1-2H3/t13-/m1/s1. The van der Waals surface area contributed by atoms with Gasteiger partial charge >= 0.3 is 0 Å². The first-order valence-electron chi connectivity index (χ1n) is 9.96. The summed E-state index contributed by atoms with van der Waals surface area (Å²) in [6, 6.07) is 8.45. The van der Waals surface area contributed by atoms with Gasteiger partial charge in [-0.15, -0.1) is 0 Å². The Bertz CT molecular complexity index is 1310. The molecule has 0 aliphatic carbocycles. The van der Waals surface area contributed by atoms with Crippen LogP contribution in [-0.2, 0) is 13.5 Å². The lowest BCUT2D eigenvalue weighted by Crippen LogP contribution is -2.38. The number of benzene rings is 2. The van der Waals surface area contributed by atoms with E-state index in [-0.39, 0.29) is 11.9 Å². The van der Waals surface area contributed by atoms with Crippen molar-refractivity contribution in [1.82, 2.24) is 24.6 Å². The van der Waals surface area contributed by atoms with Crippen LogP contribution in [0.4, 0.5) is 8.78 Å². The van der Waals surface area contributed by atoms with E-state index in [0.717, 1.165) is 22.8 Å². The van der Waals surface area contributed by atoms with Gasteiger partial charge in [-0.25, -0.2) is 8.78 Å². The summed E-state index contributed by atoms with van der Waals surface area (Å²) in [5, 5.41) is 4.60. The van der Waals surface area contributed by atoms with Crippen LogP contribution in [0.25, 0.3) is 22.3 Å². The van der Waals surface area contributed by atoms with Crippen LogP contribution >= 0.6 is 0 Å². The lowest BCUT2D eigenvalue weighted by atomic mass is 9.95. The van der Waals surface area contributed by atoms with E-state index in [2.05, 4.69) is 15.1 Å². The van der Waals surface area contributed by atoms with E-state index < -0.39 is 11.6 Å². The van der Waals surface area contributed by atoms with Crippen LogP contribution in [0.3, 0.4) is 0 Å². The number of rotatable bonds is 2. The van der Waals surface area contributed by atoms with Crippen molar-refractivity contribution in [3.05, 3.63) is 77.2 Å². The molecule has 0 radical (unpaired) electrons. The van der Waals surface area contributed by atoms with Crippen molar-refractivity contribution in [2.75, 3.05) is 6.54 Å². The predicted molar refractivity (Wildman–Crippen MR) is 111 cm³/mol. The van der Waals surface area contributed by atoms with Gasteiger partial charge in [0.05, 0.1) is 28.5 Å². The van der Waals surface area contributed by atoms with Gasteiger partial charge in [0.1, 0.15) is 11.6 Å². The first-order valence-corrected chi connectivity index (χ1v) is 9.96. The van der Waals surface area contributed by atoms with Crippen LogP contribution in [-0.4, -0.2) is 37.1 Å². The summed E-state index contributed by atoms with van der Waals surface area (Å²) in [6.45, 7) is 2.39. The van der Waals surface area contributed by atoms with E-state index in [4.69, 9.17) is 0 Å². The monoisotopic (exact) mass is 419 g/mol. The Morgan fingerprint density at radius 3 is 2.48 bits per heavy atom. The van der Waals surface area contributed by atoms with E-state index >= 15 is 0 Å². The van der Waals surface area contributed by atoms with Gasteiger partial charge in [-0.3, -0.25) is 19.4 Å². The zero-order valence-corrected chi connectivity index (χ0v) is 17.0. The molecule has 31 heavy (non-hydrogen) atoms. The second-order valence-electron chi connectivity index (χ2n) is 7.68. The molecule has 1 aliphatic rings. The first kappa shape index (κ1) is 19.3. The number of hydrogen-bond acceptors (Lipinski definition) is 4. The summed E-state index contributed by atoms with van der Waals surface area (Å²) in [5.41, 5.74) is 4.68. The molecule has 156 valence electrons. The van der Waals surface area contributed by atoms with Gasteiger partial charge in [0.15, 0.2) is 0 Å². The normalized spacial score (nSPS) is 15.9. The van der Waals surface area contributed by atoms with E-state index in [0.29, 0.717) is 35.3 Å². The number of halogens is 2. The van der Waals surface area contributed by atoms with Crippen LogP contribution in [0.15, 0.2) is 48.8 Å². The van der Waals surface area contributed by atoms with Crippen molar-refractivity contribution < 1.29 is 13.6 Å². The highest BCUT2D eigenvalue weighted by Gasteiger charge is 2.33. The van der Waals surface area contributed by atoms with Crippen LogP contribution in [0.2, 0.25) is 0 Å². The van der Waals surface area contributed by atoms with Crippen LogP contribution in [0.1, 0.15) is 34.6 Å². The maximum Gasteiger partial charge on any atom is 0.254 e. The average molecular weight is 419 g/mol. The molecule has 1 atom stereocenters. The van der Waals surface area contributed by atoms with E-state index in [1.807, 2.05) is 6.92 Å². The smallest absolute Gasteiger partial charge is 0.254 e. The molecule has 0 unspecified atom stereocenters. The molecular weight excluding hydrogens is 400 g/mol. The molecule has 4 aromatic rings. The Kier molecular flexibility index (Phi) is 4.50. The van der Waals surface area contributed by atoms with Crippen molar-refractivity contribution in [2.45, 2.75) is 19.4 Å². The number of amides is 1. The Labute approximate surface area is 177 Å². The number of aryl methyl sites for hydroxylation is 1. The van der Waals surface area contributed by atoms with Gasteiger partial charge in [0.25, 0.3) is 5.91 Å². The second-order valence-corrected chi connectivity index (χ2v) is 7.68.